The number of hydrogen-bond donors (Lipinski definition) is 2. The molecule has 0 aromatic carbocycles. The molecule has 0 aliphatic heterocycles. The van der Waals surface area contributed by atoms with Crippen LogP contribution in [0.3, 0.4) is 0 Å². The zero-order chi connectivity index (χ0) is 20.1. The van der Waals surface area contributed by atoms with Crippen molar-refractivity contribution in [2.24, 2.45) is 5.92 Å². The van der Waals surface area contributed by atoms with E-state index in [-0.39, 0.29) is 11.9 Å². The van der Waals surface area contributed by atoms with Gasteiger partial charge >= 0.3 is 6.03 Å². The Morgan fingerprint density at radius 3 is 2.75 bits per heavy atom. The molecule has 2 aromatic heterocycles. The van der Waals surface area contributed by atoms with Crippen molar-refractivity contribution in [3.8, 4) is 11.4 Å². The summed E-state index contributed by atoms with van der Waals surface area (Å²) in [7, 11) is 1.47. The van der Waals surface area contributed by atoms with E-state index >= 15 is 0 Å². The molecule has 0 radical (unpaired) electrons. The Labute approximate surface area is 168 Å². The molecule has 8 nitrogen and oxygen atoms in total. The highest BCUT2D eigenvalue weighted by molar-refractivity contribution is 8.00. The number of carbonyl (C=O) groups is 2. The number of hydrogen-bond acceptors (Lipinski definition) is 6. The maximum atomic E-state index is 12.3. The van der Waals surface area contributed by atoms with Crippen molar-refractivity contribution in [3.63, 3.8) is 0 Å². The van der Waals surface area contributed by atoms with Gasteiger partial charge in [-0.2, -0.15) is 0 Å². The van der Waals surface area contributed by atoms with Gasteiger partial charge in [0.15, 0.2) is 11.0 Å². The summed E-state index contributed by atoms with van der Waals surface area (Å²) in [4.78, 5) is 27.9. The molecule has 150 valence electrons. The minimum atomic E-state index is -0.518. The van der Waals surface area contributed by atoms with E-state index in [0.717, 1.165) is 30.7 Å². The average molecular weight is 403 g/mol. The van der Waals surface area contributed by atoms with E-state index in [1.165, 1.54) is 25.2 Å². The first-order valence-corrected chi connectivity index (χ1v) is 10.4. The topological polar surface area (TPSA) is 102 Å². The summed E-state index contributed by atoms with van der Waals surface area (Å²) in [6.07, 6.45) is 8.12. The van der Waals surface area contributed by atoms with Crippen LogP contribution in [0.15, 0.2) is 29.7 Å². The van der Waals surface area contributed by atoms with Crippen molar-refractivity contribution < 1.29 is 9.59 Å². The van der Waals surface area contributed by atoms with Crippen LogP contribution < -0.4 is 10.6 Å². The molecule has 2 aromatic rings. The number of nitrogens with one attached hydrogen (secondary N) is 2. The lowest BCUT2D eigenvalue weighted by atomic mass is 9.85. The Balaban J connectivity index is 1.91. The van der Waals surface area contributed by atoms with E-state index in [9.17, 15) is 9.59 Å². The van der Waals surface area contributed by atoms with Crippen LogP contribution in [0.5, 0.6) is 0 Å². The van der Waals surface area contributed by atoms with Gasteiger partial charge in [-0.3, -0.25) is 19.7 Å². The van der Waals surface area contributed by atoms with Gasteiger partial charge in [-0.1, -0.05) is 31.5 Å². The van der Waals surface area contributed by atoms with E-state index < -0.39 is 11.3 Å². The highest BCUT2D eigenvalue weighted by Gasteiger charge is 2.30. The number of pyridine rings is 1. The number of urea groups is 1. The summed E-state index contributed by atoms with van der Waals surface area (Å²) in [6, 6.07) is 3.61. The Hall–Kier alpha value is -2.42. The number of amides is 3. The largest absolute Gasteiger partial charge is 0.341 e. The molecule has 0 bridgehead atoms. The summed E-state index contributed by atoms with van der Waals surface area (Å²) in [6.45, 7) is 4.02. The quantitative estimate of drug-likeness (QED) is 0.746. The van der Waals surface area contributed by atoms with E-state index in [1.807, 2.05) is 12.1 Å². The smallest absolute Gasteiger partial charge is 0.321 e. The standard InChI is InChI=1S/C19H26N6O2S/c1-12-7-4-5-9-15(12)25-16(14-8-6-10-21-11-14)23-24-19(25)28-13(2)17(26)22-18(27)20-3/h6,8,10-13,15H,4-5,7,9H2,1-3H3,(H2,20,22,26,27)/t12-,13+,15+/m1/s1. The second-order valence-electron chi connectivity index (χ2n) is 7.08. The number of rotatable bonds is 5. The van der Waals surface area contributed by atoms with Crippen LogP contribution in [0, 0.1) is 5.92 Å². The number of nitrogens with zero attached hydrogens (tertiary/aromatic N) is 4. The third-order valence-corrected chi connectivity index (χ3v) is 6.15. The summed E-state index contributed by atoms with van der Waals surface area (Å²) >= 11 is 1.32. The fourth-order valence-electron chi connectivity index (χ4n) is 3.52. The summed E-state index contributed by atoms with van der Waals surface area (Å²) < 4.78 is 2.16. The van der Waals surface area contributed by atoms with Crippen LogP contribution in [0.25, 0.3) is 11.4 Å². The molecule has 3 atom stereocenters. The molecule has 2 N–H and O–H groups in total. The van der Waals surface area contributed by atoms with Gasteiger partial charge in [0.2, 0.25) is 5.91 Å². The first kappa shape index (κ1) is 20.3. The predicted octanol–water partition coefficient (Wildman–Crippen LogP) is 3.03. The lowest BCUT2D eigenvalue weighted by molar-refractivity contribution is -0.119. The van der Waals surface area contributed by atoms with Gasteiger partial charge in [0, 0.05) is 31.0 Å². The monoisotopic (exact) mass is 402 g/mol. The van der Waals surface area contributed by atoms with Gasteiger partial charge in [-0.25, -0.2) is 4.79 Å². The number of aromatic nitrogens is 4. The van der Waals surface area contributed by atoms with Gasteiger partial charge in [0.25, 0.3) is 0 Å². The van der Waals surface area contributed by atoms with Gasteiger partial charge in [0.05, 0.1) is 5.25 Å². The highest BCUT2D eigenvalue weighted by Crippen LogP contribution is 2.39. The molecular formula is C19H26N6O2S. The Kier molecular flexibility index (Phi) is 6.66. The summed E-state index contributed by atoms with van der Waals surface area (Å²) in [5.74, 6) is 0.904. The van der Waals surface area contributed by atoms with Crippen LogP contribution in [0.2, 0.25) is 0 Å². The van der Waals surface area contributed by atoms with Crippen LogP contribution in [-0.2, 0) is 4.79 Å². The van der Waals surface area contributed by atoms with Crippen molar-refractivity contribution in [1.29, 1.82) is 0 Å². The van der Waals surface area contributed by atoms with E-state index in [0.29, 0.717) is 11.1 Å². The second kappa shape index (κ2) is 9.18. The Bertz CT molecular complexity index is 825. The van der Waals surface area contributed by atoms with Gasteiger partial charge in [-0.15, -0.1) is 10.2 Å². The second-order valence-corrected chi connectivity index (χ2v) is 8.38. The normalized spacial score (nSPS) is 20.4. The van der Waals surface area contributed by atoms with Crippen molar-refractivity contribution >= 4 is 23.7 Å². The van der Waals surface area contributed by atoms with Crippen LogP contribution in [-0.4, -0.2) is 44.0 Å². The van der Waals surface area contributed by atoms with E-state index in [4.69, 9.17) is 0 Å². The molecule has 3 rings (SSSR count). The summed E-state index contributed by atoms with van der Waals surface area (Å²) in [5, 5.41) is 13.7. The lowest BCUT2D eigenvalue weighted by Gasteiger charge is -2.31. The summed E-state index contributed by atoms with van der Waals surface area (Å²) in [5.41, 5.74) is 0.905. The Morgan fingerprint density at radius 2 is 2.07 bits per heavy atom. The van der Waals surface area contributed by atoms with E-state index in [2.05, 4.69) is 37.3 Å². The van der Waals surface area contributed by atoms with Crippen molar-refractivity contribution in [1.82, 2.24) is 30.4 Å². The van der Waals surface area contributed by atoms with Crippen molar-refractivity contribution in [2.75, 3.05) is 7.05 Å². The van der Waals surface area contributed by atoms with Gasteiger partial charge in [0.1, 0.15) is 0 Å². The van der Waals surface area contributed by atoms with E-state index in [1.54, 1.807) is 19.3 Å². The zero-order valence-corrected chi connectivity index (χ0v) is 17.2. The maximum Gasteiger partial charge on any atom is 0.321 e. The molecular weight excluding hydrogens is 376 g/mol. The lowest BCUT2D eigenvalue weighted by Crippen LogP contribution is -2.41. The molecule has 1 saturated carbocycles. The number of thioether (sulfide) groups is 1. The zero-order valence-electron chi connectivity index (χ0n) is 16.4. The average Bonchev–Trinajstić information content (AvgIpc) is 3.12. The molecule has 0 unspecified atom stereocenters. The molecule has 28 heavy (non-hydrogen) atoms. The van der Waals surface area contributed by atoms with Crippen molar-refractivity contribution in [3.05, 3.63) is 24.5 Å². The van der Waals surface area contributed by atoms with Gasteiger partial charge < -0.3 is 5.32 Å². The highest BCUT2D eigenvalue weighted by atomic mass is 32.2. The maximum absolute atomic E-state index is 12.3. The third kappa shape index (κ3) is 4.52. The van der Waals surface area contributed by atoms with Crippen LogP contribution in [0.4, 0.5) is 4.79 Å². The first-order chi connectivity index (χ1) is 13.5. The van der Waals surface area contributed by atoms with Crippen LogP contribution >= 0.6 is 11.8 Å². The fourth-order valence-corrected chi connectivity index (χ4v) is 4.42. The van der Waals surface area contributed by atoms with Gasteiger partial charge in [-0.05, 0) is 37.8 Å². The minimum Gasteiger partial charge on any atom is -0.341 e. The molecule has 1 fully saturated rings. The number of imide groups is 1. The molecule has 2 heterocycles. The molecule has 3 amide bonds. The molecule has 0 spiro atoms. The van der Waals surface area contributed by atoms with Crippen LogP contribution in [0.1, 0.15) is 45.6 Å². The first-order valence-electron chi connectivity index (χ1n) is 9.55. The molecule has 9 heteroatoms. The predicted molar refractivity (Wildman–Crippen MR) is 108 cm³/mol. The molecule has 0 saturated heterocycles. The molecule has 1 aliphatic carbocycles. The van der Waals surface area contributed by atoms with Crippen molar-refractivity contribution in [2.45, 2.75) is 56.0 Å². The fraction of sp³-hybridized carbons (Fsp3) is 0.526. The number of carbonyl (C=O) groups excluding carboxylic acids is 2. The Morgan fingerprint density at radius 1 is 1.29 bits per heavy atom. The SMILES string of the molecule is CNC(=O)NC(=O)[C@H](C)Sc1nnc(-c2cccnc2)n1[C@H]1CCCC[C@H]1C. The third-order valence-electron chi connectivity index (χ3n) is 5.10. The molecule has 1 aliphatic rings. The minimum absolute atomic E-state index is 0.274.